The first-order valence-electron chi connectivity index (χ1n) is 7.39. The van der Waals surface area contributed by atoms with Crippen molar-refractivity contribution in [2.24, 2.45) is 0 Å². The van der Waals surface area contributed by atoms with Crippen LogP contribution in [0, 0.1) is 6.92 Å². The molecule has 1 saturated carbocycles. The van der Waals surface area contributed by atoms with E-state index in [4.69, 9.17) is 0 Å². The summed E-state index contributed by atoms with van der Waals surface area (Å²) in [5.74, 6) is 2.37. The Labute approximate surface area is 109 Å². The van der Waals surface area contributed by atoms with E-state index in [-0.39, 0.29) is 5.41 Å². The third kappa shape index (κ3) is 1.96. The number of aryl methyl sites for hydroxylation is 1. The maximum absolute atomic E-state index is 4.56. The maximum Gasteiger partial charge on any atom is 0.140 e. The van der Waals surface area contributed by atoms with Crippen LogP contribution in [-0.2, 0) is 5.41 Å². The van der Waals surface area contributed by atoms with Crippen LogP contribution in [0.2, 0.25) is 0 Å². The molecule has 0 bridgehead atoms. The van der Waals surface area contributed by atoms with Gasteiger partial charge in [0.2, 0.25) is 0 Å². The summed E-state index contributed by atoms with van der Waals surface area (Å²) in [6.07, 6.45) is 7.58. The molecule has 2 heterocycles. The Hall–Kier alpha value is -0.900. The van der Waals surface area contributed by atoms with Crippen molar-refractivity contribution in [2.45, 2.75) is 63.8 Å². The summed E-state index contributed by atoms with van der Waals surface area (Å²) in [7, 11) is 0. The minimum Gasteiger partial charge on any atom is -0.316 e. The maximum atomic E-state index is 4.56. The molecule has 1 N–H and O–H groups in total. The van der Waals surface area contributed by atoms with Gasteiger partial charge in [-0.3, -0.25) is 0 Å². The Balaban J connectivity index is 1.98. The van der Waals surface area contributed by atoms with Crippen LogP contribution < -0.4 is 5.32 Å². The minimum atomic E-state index is 0.233. The number of piperidine rings is 1. The van der Waals surface area contributed by atoms with E-state index in [0.717, 1.165) is 18.9 Å². The largest absolute Gasteiger partial charge is 0.316 e. The number of hydrogen-bond acceptors (Lipinski definition) is 3. The third-order valence-electron chi connectivity index (χ3n) is 4.45. The van der Waals surface area contributed by atoms with Crippen LogP contribution in [0.5, 0.6) is 0 Å². The molecule has 4 heteroatoms. The van der Waals surface area contributed by atoms with Gasteiger partial charge >= 0.3 is 0 Å². The van der Waals surface area contributed by atoms with Gasteiger partial charge in [-0.2, -0.15) is 0 Å². The predicted octanol–water partition coefficient (Wildman–Crippen LogP) is 2.34. The number of nitrogens with zero attached hydrogens (tertiary/aromatic N) is 3. The van der Waals surface area contributed by atoms with Gasteiger partial charge in [0.15, 0.2) is 0 Å². The number of rotatable bonds is 4. The molecule has 1 atom stereocenters. The monoisotopic (exact) mass is 248 g/mol. The summed E-state index contributed by atoms with van der Waals surface area (Å²) in [4.78, 5) is 0. The van der Waals surface area contributed by atoms with Crippen molar-refractivity contribution in [3.63, 3.8) is 0 Å². The second-order valence-electron chi connectivity index (χ2n) is 5.98. The zero-order valence-electron chi connectivity index (χ0n) is 11.6. The first-order valence-corrected chi connectivity index (χ1v) is 7.39. The van der Waals surface area contributed by atoms with E-state index in [9.17, 15) is 0 Å². The second-order valence-corrected chi connectivity index (χ2v) is 5.98. The molecule has 1 saturated heterocycles. The zero-order valence-corrected chi connectivity index (χ0v) is 11.6. The Morgan fingerprint density at radius 3 is 2.83 bits per heavy atom. The summed E-state index contributed by atoms with van der Waals surface area (Å²) < 4.78 is 2.43. The van der Waals surface area contributed by atoms with Crippen molar-refractivity contribution < 1.29 is 0 Å². The Morgan fingerprint density at radius 1 is 1.39 bits per heavy atom. The highest BCUT2D eigenvalue weighted by Gasteiger charge is 2.40. The lowest BCUT2D eigenvalue weighted by Crippen LogP contribution is -2.45. The van der Waals surface area contributed by atoms with E-state index < -0.39 is 0 Å². The average molecular weight is 248 g/mol. The van der Waals surface area contributed by atoms with Crippen molar-refractivity contribution in [3.05, 3.63) is 11.6 Å². The lowest BCUT2D eigenvalue weighted by molar-refractivity contribution is 0.266. The summed E-state index contributed by atoms with van der Waals surface area (Å²) in [5.41, 5.74) is 0.233. The molecular weight excluding hydrogens is 224 g/mol. The molecule has 3 rings (SSSR count). The molecule has 1 unspecified atom stereocenters. The molecule has 100 valence electrons. The van der Waals surface area contributed by atoms with Crippen LogP contribution >= 0.6 is 0 Å². The second kappa shape index (κ2) is 4.65. The molecule has 2 aliphatic rings. The van der Waals surface area contributed by atoms with Crippen molar-refractivity contribution in [2.75, 3.05) is 13.1 Å². The summed E-state index contributed by atoms with van der Waals surface area (Å²) >= 11 is 0. The smallest absolute Gasteiger partial charge is 0.140 e. The van der Waals surface area contributed by atoms with E-state index in [0.29, 0.717) is 6.04 Å². The van der Waals surface area contributed by atoms with Crippen molar-refractivity contribution >= 4 is 0 Å². The molecular formula is C14H24N4. The van der Waals surface area contributed by atoms with Gasteiger partial charge in [-0.25, -0.2) is 0 Å². The van der Waals surface area contributed by atoms with Crippen molar-refractivity contribution in [1.82, 2.24) is 20.1 Å². The number of hydrogen-bond donors (Lipinski definition) is 1. The fourth-order valence-electron chi connectivity index (χ4n) is 3.46. The molecule has 1 aromatic rings. The van der Waals surface area contributed by atoms with E-state index in [1.54, 1.807) is 0 Å². The predicted molar refractivity (Wildman–Crippen MR) is 71.7 cm³/mol. The molecule has 1 aromatic heterocycles. The van der Waals surface area contributed by atoms with Gasteiger partial charge in [0.05, 0.1) is 0 Å². The lowest BCUT2D eigenvalue weighted by atomic mass is 9.76. The van der Waals surface area contributed by atoms with Gasteiger partial charge in [-0.1, -0.05) is 13.3 Å². The van der Waals surface area contributed by atoms with Gasteiger partial charge in [-0.15, -0.1) is 10.2 Å². The summed E-state index contributed by atoms with van der Waals surface area (Å²) in [6.45, 7) is 6.61. The molecule has 4 nitrogen and oxygen atoms in total. The first-order chi connectivity index (χ1) is 8.77. The molecule has 2 fully saturated rings. The van der Waals surface area contributed by atoms with Crippen LogP contribution in [0.3, 0.4) is 0 Å². The molecule has 0 amide bonds. The van der Waals surface area contributed by atoms with Gasteiger partial charge in [0, 0.05) is 18.0 Å². The summed E-state index contributed by atoms with van der Waals surface area (Å²) in [6, 6.07) is 0.686. The van der Waals surface area contributed by atoms with Gasteiger partial charge in [-0.05, 0) is 45.6 Å². The Morgan fingerprint density at radius 2 is 2.22 bits per heavy atom. The van der Waals surface area contributed by atoms with Gasteiger partial charge < -0.3 is 9.88 Å². The number of nitrogens with one attached hydrogen (secondary N) is 1. The average Bonchev–Trinajstić information content (AvgIpc) is 3.14. The van der Waals surface area contributed by atoms with Gasteiger partial charge in [0.25, 0.3) is 0 Å². The summed E-state index contributed by atoms with van der Waals surface area (Å²) in [5, 5.41) is 12.5. The van der Waals surface area contributed by atoms with Gasteiger partial charge in [0.1, 0.15) is 11.6 Å². The normalized spacial score (nSPS) is 28.6. The van der Waals surface area contributed by atoms with E-state index >= 15 is 0 Å². The topological polar surface area (TPSA) is 42.7 Å². The standard InChI is InChI=1S/C14H24N4/c1-3-7-14(8-4-9-15-10-14)13-17-16-11(2)18(13)12-5-6-12/h12,15H,3-10H2,1-2H3. The van der Waals surface area contributed by atoms with Crippen molar-refractivity contribution in [3.8, 4) is 0 Å². The van der Waals surface area contributed by atoms with E-state index in [1.807, 2.05) is 0 Å². The fourth-order valence-corrected chi connectivity index (χ4v) is 3.46. The Kier molecular flexibility index (Phi) is 3.14. The zero-order chi connectivity index (χ0) is 12.6. The van der Waals surface area contributed by atoms with E-state index in [1.165, 1.54) is 44.3 Å². The molecule has 0 radical (unpaired) electrons. The van der Waals surface area contributed by atoms with Crippen LogP contribution in [0.25, 0.3) is 0 Å². The third-order valence-corrected chi connectivity index (χ3v) is 4.45. The molecule has 0 spiro atoms. The number of aromatic nitrogens is 3. The van der Waals surface area contributed by atoms with Crippen molar-refractivity contribution in [1.29, 1.82) is 0 Å². The highest BCUT2D eigenvalue weighted by Crippen LogP contribution is 2.42. The fraction of sp³-hybridized carbons (Fsp3) is 0.857. The molecule has 1 aliphatic carbocycles. The SMILES string of the molecule is CCCC1(c2nnc(C)n2C2CC2)CCCNC1. The van der Waals surface area contributed by atoms with Crippen LogP contribution in [0.1, 0.15) is 63.1 Å². The molecule has 1 aliphatic heterocycles. The Bertz CT molecular complexity index is 408. The van der Waals surface area contributed by atoms with E-state index in [2.05, 4.69) is 33.9 Å². The van der Waals surface area contributed by atoms with Crippen LogP contribution in [0.4, 0.5) is 0 Å². The van der Waals surface area contributed by atoms with Crippen LogP contribution in [0.15, 0.2) is 0 Å². The molecule has 18 heavy (non-hydrogen) atoms. The highest BCUT2D eigenvalue weighted by molar-refractivity contribution is 5.15. The quantitative estimate of drug-likeness (QED) is 0.889. The van der Waals surface area contributed by atoms with Crippen LogP contribution in [-0.4, -0.2) is 27.9 Å². The minimum absolute atomic E-state index is 0.233. The highest BCUT2D eigenvalue weighted by atomic mass is 15.3. The molecule has 0 aromatic carbocycles. The first kappa shape index (κ1) is 12.2. The lowest BCUT2D eigenvalue weighted by Gasteiger charge is -2.37.